The molecule has 1 saturated heterocycles. The third-order valence-electron chi connectivity index (χ3n) is 5.21. The highest BCUT2D eigenvalue weighted by atomic mass is 19.4. The number of benzene rings is 1. The first kappa shape index (κ1) is 20.1. The molecule has 0 aliphatic carbocycles. The second kappa shape index (κ2) is 7.92. The quantitative estimate of drug-likeness (QED) is 0.650. The van der Waals surface area contributed by atoms with Gasteiger partial charge in [-0.25, -0.2) is 9.50 Å². The fourth-order valence-electron chi connectivity index (χ4n) is 3.75. The summed E-state index contributed by atoms with van der Waals surface area (Å²) in [5.74, 6) is -0.819. The Morgan fingerprint density at radius 3 is 2.90 bits per heavy atom. The number of hydrogen-bond acceptors (Lipinski definition) is 5. The molecule has 0 bridgehead atoms. The van der Waals surface area contributed by atoms with E-state index in [1.165, 1.54) is 6.20 Å². The van der Waals surface area contributed by atoms with Gasteiger partial charge in [0, 0.05) is 25.2 Å². The number of halogens is 3. The van der Waals surface area contributed by atoms with Crippen LogP contribution in [0.4, 0.5) is 13.2 Å². The number of fused-ring (bicyclic) bond motifs is 1. The number of amides is 1. The summed E-state index contributed by atoms with van der Waals surface area (Å²) in [6.45, 7) is 1.02. The number of hydrogen-bond donors (Lipinski definition) is 0. The molecule has 7 nitrogen and oxygen atoms in total. The van der Waals surface area contributed by atoms with Crippen molar-refractivity contribution in [2.75, 3.05) is 20.2 Å². The predicted molar refractivity (Wildman–Crippen MR) is 101 cm³/mol. The van der Waals surface area contributed by atoms with Crippen molar-refractivity contribution < 1.29 is 22.7 Å². The van der Waals surface area contributed by atoms with Crippen molar-refractivity contribution in [1.82, 2.24) is 24.5 Å². The van der Waals surface area contributed by atoms with Crippen LogP contribution in [0.25, 0.3) is 5.78 Å². The molecule has 1 unspecified atom stereocenters. The van der Waals surface area contributed by atoms with Crippen LogP contribution in [0.1, 0.15) is 35.8 Å². The largest absolute Gasteiger partial charge is 0.497 e. The number of ether oxygens (including phenoxy) is 1. The summed E-state index contributed by atoms with van der Waals surface area (Å²) in [6.07, 6.45) is -1.49. The molecule has 1 aromatic carbocycles. The molecule has 0 spiro atoms. The number of carbonyl (C=O) groups is 1. The number of likely N-dealkylation sites (tertiary alicyclic amines) is 1. The maximum Gasteiger partial charge on any atom is 0.453 e. The Balaban J connectivity index is 1.54. The van der Waals surface area contributed by atoms with Gasteiger partial charge in [0.15, 0.2) is 0 Å². The number of carbonyl (C=O) groups excluding carboxylic acids is 1. The molecule has 1 aliphatic heterocycles. The fourth-order valence-corrected chi connectivity index (χ4v) is 3.75. The molecule has 0 radical (unpaired) electrons. The Morgan fingerprint density at radius 1 is 1.30 bits per heavy atom. The number of alkyl halides is 3. The molecule has 2 aromatic heterocycles. The summed E-state index contributed by atoms with van der Waals surface area (Å²) >= 11 is 0. The second-order valence-electron chi connectivity index (χ2n) is 7.22. The number of rotatable bonds is 4. The average molecular weight is 419 g/mol. The SMILES string of the molecule is COc1cccc(CC(=O)N2CCCC(c3ccnc4nc(C(F)(F)F)nn34)C2)c1. The summed E-state index contributed by atoms with van der Waals surface area (Å²) in [6, 6.07) is 8.97. The Kier molecular flexibility index (Phi) is 5.31. The van der Waals surface area contributed by atoms with Gasteiger partial charge in [0.25, 0.3) is 11.6 Å². The highest BCUT2D eigenvalue weighted by molar-refractivity contribution is 5.79. The van der Waals surface area contributed by atoms with Gasteiger partial charge in [0.05, 0.1) is 19.2 Å². The molecule has 1 fully saturated rings. The topological polar surface area (TPSA) is 72.6 Å². The monoisotopic (exact) mass is 419 g/mol. The molecule has 1 amide bonds. The highest BCUT2D eigenvalue weighted by Crippen LogP contribution is 2.30. The van der Waals surface area contributed by atoms with Gasteiger partial charge in [0.2, 0.25) is 5.91 Å². The van der Waals surface area contributed by atoms with Crippen molar-refractivity contribution in [3.8, 4) is 5.75 Å². The first-order valence-corrected chi connectivity index (χ1v) is 9.54. The van der Waals surface area contributed by atoms with E-state index in [0.717, 1.165) is 22.9 Å². The maximum absolute atomic E-state index is 13.0. The third-order valence-corrected chi connectivity index (χ3v) is 5.21. The summed E-state index contributed by atoms with van der Waals surface area (Å²) in [7, 11) is 1.57. The van der Waals surface area contributed by atoms with Crippen LogP contribution in [0.15, 0.2) is 36.5 Å². The van der Waals surface area contributed by atoms with E-state index in [-0.39, 0.29) is 24.0 Å². The lowest BCUT2D eigenvalue weighted by molar-refractivity contribution is -0.144. The summed E-state index contributed by atoms with van der Waals surface area (Å²) in [4.78, 5) is 22.0. The third kappa shape index (κ3) is 4.07. The van der Waals surface area contributed by atoms with Crippen LogP contribution in [0, 0.1) is 0 Å². The predicted octanol–water partition coefficient (Wildman–Crippen LogP) is 3.10. The van der Waals surface area contributed by atoms with Crippen molar-refractivity contribution in [1.29, 1.82) is 0 Å². The first-order valence-electron chi connectivity index (χ1n) is 9.54. The zero-order valence-corrected chi connectivity index (χ0v) is 16.3. The van der Waals surface area contributed by atoms with Crippen molar-refractivity contribution in [3.05, 3.63) is 53.6 Å². The Hall–Kier alpha value is -3.17. The lowest BCUT2D eigenvalue weighted by atomic mass is 9.94. The second-order valence-corrected chi connectivity index (χ2v) is 7.22. The minimum atomic E-state index is -4.64. The smallest absolute Gasteiger partial charge is 0.453 e. The van der Waals surface area contributed by atoms with E-state index in [0.29, 0.717) is 24.5 Å². The lowest BCUT2D eigenvalue weighted by Crippen LogP contribution is -2.40. The zero-order chi connectivity index (χ0) is 21.3. The minimum absolute atomic E-state index is 0.0344. The number of methoxy groups -OCH3 is 1. The van der Waals surface area contributed by atoms with Gasteiger partial charge >= 0.3 is 6.18 Å². The number of piperidine rings is 1. The van der Waals surface area contributed by atoms with E-state index in [1.807, 2.05) is 24.3 Å². The van der Waals surface area contributed by atoms with Crippen LogP contribution >= 0.6 is 0 Å². The van der Waals surface area contributed by atoms with Crippen molar-refractivity contribution in [2.45, 2.75) is 31.4 Å². The first-order chi connectivity index (χ1) is 14.3. The van der Waals surface area contributed by atoms with Gasteiger partial charge < -0.3 is 9.64 Å². The van der Waals surface area contributed by atoms with Crippen LogP contribution in [0.3, 0.4) is 0 Å². The van der Waals surface area contributed by atoms with E-state index in [9.17, 15) is 18.0 Å². The summed E-state index contributed by atoms with van der Waals surface area (Å²) in [5.41, 5.74) is 1.42. The highest BCUT2D eigenvalue weighted by Gasteiger charge is 2.37. The standard InChI is InChI=1S/C20H20F3N5O2/c1-30-15-6-2-4-13(10-15)11-17(29)27-9-3-5-14(12-27)16-7-8-24-19-25-18(20(21,22)23)26-28(16)19/h2,4,6-8,10,14H,3,5,9,11-12H2,1H3. The Bertz CT molecular complexity index is 1070. The van der Waals surface area contributed by atoms with Crippen LogP contribution in [0.5, 0.6) is 5.75 Å². The Labute approximate surface area is 170 Å². The molecular formula is C20H20F3N5O2. The van der Waals surface area contributed by atoms with Crippen LogP contribution in [0.2, 0.25) is 0 Å². The van der Waals surface area contributed by atoms with Crippen LogP contribution in [-0.4, -0.2) is 50.6 Å². The van der Waals surface area contributed by atoms with Crippen LogP contribution in [-0.2, 0) is 17.4 Å². The van der Waals surface area contributed by atoms with E-state index in [1.54, 1.807) is 18.1 Å². The fraction of sp³-hybridized carbons (Fsp3) is 0.400. The summed E-state index contributed by atoms with van der Waals surface area (Å²) in [5, 5.41) is 3.62. The maximum atomic E-state index is 13.0. The van der Waals surface area contributed by atoms with E-state index in [2.05, 4.69) is 15.1 Å². The minimum Gasteiger partial charge on any atom is -0.497 e. The van der Waals surface area contributed by atoms with E-state index >= 15 is 0 Å². The molecule has 158 valence electrons. The zero-order valence-electron chi connectivity index (χ0n) is 16.3. The molecule has 1 aliphatic rings. The van der Waals surface area contributed by atoms with Crippen molar-refractivity contribution in [3.63, 3.8) is 0 Å². The van der Waals surface area contributed by atoms with E-state index < -0.39 is 12.0 Å². The average Bonchev–Trinajstić information content (AvgIpc) is 3.19. The molecule has 10 heteroatoms. The lowest BCUT2D eigenvalue weighted by Gasteiger charge is -2.33. The normalized spacial score (nSPS) is 17.3. The molecule has 4 rings (SSSR count). The van der Waals surface area contributed by atoms with Crippen molar-refractivity contribution >= 4 is 11.7 Å². The number of nitrogens with zero attached hydrogens (tertiary/aromatic N) is 5. The van der Waals surface area contributed by atoms with Crippen molar-refractivity contribution in [2.24, 2.45) is 0 Å². The van der Waals surface area contributed by atoms with Crippen LogP contribution < -0.4 is 4.74 Å². The van der Waals surface area contributed by atoms with E-state index in [4.69, 9.17) is 4.74 Å². The van der Waals surface area contributed by atoms with Gasteiger partial charge in [-0.1, -0.05) is 12.1 Å². The number of aromatic nitrogens is 4. The van der Waals surface area contributed by atoms with Gasteiger partial charge in [-0.2, -0.15) is 18.2 Å². The van der Waals surface area contributed by atoms with Gasteiger partial charge in [-0.05, 0) is 36.6 Å². The molecule has 3 aromatic rings. The van der Waals surface area contributed by atoms with Gasteiger partial charge in [-0.15, -0.1) is 5.10 Å². The molecule has 3 heterocycles. The molecule has 0 saturated carbocycles. The molecule has 30 heavy (non-hydrogen) atoms. The van der Waals surface area contributed by atoms with Gasteiger partial charge in [0.1, 0.15) is 5.75 Å². The van der Waals surface area contributed by atoms with Gasteiger partial charge in [-0.3, -0.25) is 4.79 Å². The summed E-state index contributed by atoms with van der Waals surface area (Å²) < 4.78 is 45.3. The Morgan fingerprint density at radius 2 is 2.13 bits per heavy atom. The molecule has 1 atom stereocenters. The molecule has 0 N–H and O–H groups in total. The molecular weight excluding hydrogens is 399 g/mol.